The Balaban J connectivity index is 0.932. The van der Waals surface area contributed by atoms with Crippen molar-refractivity contribution in [1.82, 2.24) is 0 Å². The summed E-state index contributed by atoms with van der Waals surface area (Å²) < 4.78 is 13.1. The average Bonchev–Trinajstić information content (AvgIpc) is 3.91. The molecule has 1 aliphatic rings. The normalized spacial score (nSPS) is 13.1. The number of hydrogen-bond acceptors (Lipinski definition) is 3. The van der Waals surface area contributed by atoms with Gasteiger partial charge in [0.1, 0.15) is 22.3 Å². The minimum atomic E-state index is -0.0823. The predicted octanol–water partition coefficient (Wildman–Crippen LogP) is 15.7. The highest BCUT2D eigenvalue weighted by Crippen LogP contribution is 2.51. The molecule has 0 atom stereocenters. The van der Waals surface area contributed by atoms with Crippen LogP contribution in [0.2, 0.25) is 0 Å². The second kappa shape index (κ2) is 12.3. The van der Waals surface area contributed by atoms with Gasteiger partial charge in [-0.05, 0) is 123 Å². The molecule has 12 rings (SSSR count). The molecule has 58 heavy (non-hydrogen) atoms. The van der Waals surface area contributed by atoms with Gasteiger partial charge in [-0.15, -0.1) is 0 Å². The summed E-state index contributed by atoms with van der Waals surface area (Å²) >= 11 is 0. The van der Waals surface area contributed by atoms with Crippen molar-refractivity contribution in [2.75, 3.05) is 4.90 Å². The first-order valence-electron chi connectivity index (χ1n) is 20.0. The van der Waals surface area contributed by atoms with Gasteiger partial charge in [-0.2, -0.15) is 0 Å². The van der Waals surface area contributed by atoms with Crippen molar-refractivity contribution in [1.29, 1.82) is 0 Å². The molecule has 1 aliphatic carbocycles. The van der Waals surface area contributed by atoms with E-state index in [2.05, 4.69) is 195 Å². The van der Waals surface area contributed by atoms with E-state index in [9.17, 15) is 0 Å². The molecule has 0 unspecified atom stereocenters. The maximum Gasteiger partial charge on any atom is 0.143 e. The fourth-order valence-electron chi connectivity index (χ4n) is 9.57. The van der Waals surface area contributed by atoms with Crippen LogP contribution in [0.25, 0.3) is 88.0 Å². The molecule has 0 fully saturated rings. The fraction of sp³-hybridized carbons (Fsp3) is 0.0545. The summed E-state index contributed by atoms with van der Waals surface area (Å²) in [7, 11) is 0. The van der Waals surface area contributed by atoms with E-state index in [1.807, 2.05) is 12.1 Å². The molecule has 0 N–H and O–H groups in total. The molecule has 0 aliphatic heterocycles. The molecule has 2 heterocycles. The third-order valence-corrected chi connectivity index (χ3v) is 12.5. The van der Waals surface area contributed by atoms with Crippen molar-refractivity contribution in [3.63, 3.8) is 0 Å². The van der Waals surface area contributed by atoms with Crippen LogP contribution in [-0.4, -0.2) is 0 Å². The summed E-state index contributed by atoms with van der Waals surface area (Å²) in [5.74, 6) is 0. The summed E-state index contributed by atoms with van der Waals surface area (Å²) in [5, 5.41) is 6.73. The van der Waals surface area contributed by atoms with Crippen molar-refractivity contribution in [3.8, 4) is 33.4 Å². The highest BCUT2D eigenvalue weighted by molar-refractivity contribution is 6.20. The van der Waals surface area contributed by atoms with Gasteiger partial charge in [0, 0.05) is 49.4 Å². The molecule has 2 aromatic heterocycles. The zero-order chi connectivity index (χ0) is 38.5. The van der Waals surface area contributed by atoms with Crippen LogP contribution in [0.15, 0.2) is 197 Å². The number of benzene rings is 9. The molecule has 0 bridgehead atoms. The molecule has 0 amide bonds. The molecular weight excluding hydrogens is 707 g/mol. The van der Waals surface area contributed by atoms with Crippen LogP contribution in [0.5, 0.6) is 0 Å². The van der Waals surface area contributed by atoms with Crippen LogP contribution in [0.4, 0.5) is 17.1 Å². The van der Waals surface area contributed by atoms with Crippen LogP contribution < -0.4 is 4.90 Å². The van der Waals surface area contributed by atoms with E-state index in [-0.39, 0.29) is 5.41 Å². The summed E-state index contributed by atoms with van der Waals surface area (Å²) in [5.41, 5.74) is 16.8. The molecule has 0 saturated carbocycles. The Hall–Kier alpha value is -7.36. The van der Waals surface area contributed by atoms with Gasteiger partial charge >= 0.3 is 0 Å². The third-order valence-electron chi connectivity index (χ3n) is 12.5. The zero-order valence-corrected chi connectivity index (χ0v) is 32.2. The SMILES string of the molecule is CC1(C)c2ccccc2-c2ccc(N(c3ccccc3)c3ccc(-c4ccc5c(c4)oc4c6ccccc6c(-c6ccc7c(c6)oc6ccccc67)cc54)cc3)cc21. The number of fused-ring (bicyclic) bond motifs is 11. The monoisotopic (exact) mass is 743 g/mol. The van der Waals surface area contributed by atoms with Gasteiger partial charge in [-0.3, -0.25) is 0 Å². The molecular formula is C55H37NO2. The summed E-state index contributed by atoms with van der Waals surface area (Å²) in [6.07, 6.45) is 0. The maximum absolute atomic E-state index is 6.76. The highest BCUT2D eigenvalue weighted by atomic mass is 16.3. The van der Waals surface area contributed by atoms with Gasteiger partial charge < -0.3 is 13.7 Å². The Morgan fingerprint density at radius 1 is 0.345 bits per heavy atom. The number of rotatable bonds is 5. The van der Waals surface area contributed by atoms with E-state index in [1.54, 1.807) is 0 Å². The van der Waals surface area contributed by atoms with E-state index in [4.69, 9.17) is 8.83 Å². The van der Waals surface area contributed by atoms with Gasteiger partial charge in [-0.25, -0.2) is 0 Å². The van der Waals surface area contributed by atoms with E-state index in [1.165, 1.54) is 22.3 Å². The molecule has 0 saturated heterocycles. The Kier molecular flexibility index (Phi) is 6.98. The van der Waals surface area contributed by atoms with Crippen LogP contribution in [0.3, 0.4) is 0 Å². The Bertz CT molecular complexity index is 3420. The van der Waals surface area contributed by atoms with Crippen molar-refractivity contribution in [2.24, 2.45) is 0 Å². The number of anilines is 3. The quantitative estimate of drug-likeness (QED) is 0.176. The van der Waals surface area contributed by atoms with Gasteiger partial charge in [0.15, 0.2) is 0 Å². The molecule has 0 spiro atoms. The molecule has 3 nitrogen and oxygen atoms in total. The average molecular weight is 744 g/mol. The van der Waals surface area contributed by atoms with Crippen molar-refractivity contribution >= 4 is 71.7 Å². The molecule has 3 heteroatoms. The largest absolute Gasteiger partial charge is 0.456 e. The Morgan fingerprint density at radius 3 is 1.78 bits per heavy atom. The predicted molar refractivity (Wildman–Crippen MR) is 242 cm³/mol. The van der Waals surface area contributed by atoms with E-state index in [0.717, 1.165) is 94.0 Å². The fourth-order valence-corrected chi connectivity index (χ4v) is 9.57. The highest BCUT2D eigenvalue weighted by Gasteiger charge is 2.35. The topological polar surface area (TPSA) is 29.5 Å². The number of hydrogen-bond donors (Lipinski definition) is 0. The van der Waals surface area contributed by atoms with Crippen molar-refractivity contribution in [2.45, 2.75) is 19.3 Å². The molecule has 9 aromatic carbocycles. The first-order valence-corrected chi connectivity index (χ1v) is 20.0. The second-order valence-corrected chi connectivity index (χ2v) is 16.1. The van der Waals surface area contributed by atoms with Gasteiger partial charge in [0.2, 0.25) is 0 Å². The lowest BCUT2D eigenvalue weighted by Gasteiger charge is -2.28. The summed E-state index contributed by atoms with van der Waals surface area (Å²) in [4.78, 5) is 2.36. The molecule has 274 valence electrons. The lowest BCUT2D eigenvalue weighted by atomic mass is 9.82. The molecule has 11 aromatic rings. The summed E-state index contributed by atoms with van der Waals surface area (Å²) in [6, 6.07) is 67.6. The Morgan fingerprint density at radius 2 is 0.931 bits per heavy atom. The van der Waals surface area contributed by atoms with E-state index >= 15 is 0 Å². The third kappa shape index (κ3) is 4.86. The van der Waals surface area contributed by atoms with Crippen LogP contribution in [-0.2, 0) is 5.41 Å². The van der Waals surface area contributed by atoms with Crippen molar-refractivity contribution < 1.29 is 8.83 Å². The van der Waals surface area contributed by atoms with Crippen molar-refractivity contribution in [3.05, 3.63) is 199 Å². The van der Waals surface area contributed by atoms with E-state index in [0.29, 0.717) is 0 Å². The first kappa shape index (κ1) is 32.8. The minimum absolute atomic E-state index is 0.0823. The Labute approximate surface area is 336 Å². The first-order chi connectivity index (χ1) is 28.5. The second-order valence-electron chi connectivity index (χ2n) is 16.1. The molecule has 0 radical (unpaired) electrons. The van der Waals surface area contributed by atoms with Gasteiger partial charge in [0.05, 0.1) is 0 Å². The van der Waals surface area contributed by atoms with Crippen LogP contribution in [0.1, 0.15) is 25.0 Å². The maximum atomic E-state index is 6.76. The standard InChI is InChI=1S/C55H37NO2/c1-55(2)49-18-10-8-15-41(49)42-29-26-39(32-50(42)55)56(37-12-4-3-5-13-37)38-24-20-34(21-25-38)35-22-27-45-48-33-47(40-14-6-7-17-46(40)54(48)58-53(45)30-35)36-23-28-44-43-16-9-11-19-51(43)57-52(44)31-36/h3-33H,1-2H3. The number of para-hydroxylation sites is 2. The lowest BCUT2D eigenvalue weighted by Crippen LogP contribution is -2.16. The smallest absolute Gasteiger partial charge is 0.143 e. The number of nitrogens with zero attached hydrogens (tertiary/aromatic N) is 1. The zero-order valence-electron chi connectivity index (χ0n) is 32.2. The van der Waals surface area contributed by atoms with E-state index < -0.39 is 0 Å². The summed E-state index contributed by atoms with van der Waals surface area (Å²) in [6.45, 7) is 4.68. The van der Waals surface area contributed by atoms with Crippen LogP contribution in [0, 0.1) is 0 Å². The number of furan rings is 2. The van der Waals surface area contributed by atoms with Gasteiger partial charge in [-0.1, -0.05) is 129 Å². The minimum Gasteiger partial charge on any atom is -0.456 e. The lowest BCUT2D eigenvalue weighted by molar-refractivity contribution is 0.660. The van der Waals surface area contributed by atoms with Crippen LogP contribution >= 0.6 is 0 Å². The van der Waals surface area contributed by atoms with Gasteiger partial charge in [0.25, 0.3) is 0 Å².